The maximum Gasteiger partial charge on any atom is 0.269 e. The fraction of sp³-hybridized carbons (Fsp3) is 0.323. The molecule has 2 heterocycles. The molecule has 0 radical (unpaired) electrons. The number of amides is 3. The molecule has 0 bridgehead atoms. The number of piperidine rings is 1. The molecule has 11 heteroatoms. The predicted molar refractivity (Wildman–Crippen MR) is 162 cm³/mol. The van der Waals surface area contributed by atoms with Gasteiger partial charge in [-0.25, -0.2) is 10.5 Å². The van der Waals surface area contributed by atoms with Crippen LogP contribution >= 0.6 is 34.8 Å². The van der Waals surface area contributed by atoms with Gasteiger partial charge in [0.15, 0.2) is 0 Å². The molecule has 220 valence electrons. The molecule has 0 spiro atoms. The number of hydroxylamine groups is 1. The Morgan fingerprint density at radius 1 is 0.952 bits per heavy atom. The second-order valence-corrected chi connectivity index (χ2v) is 11.9. The molecular formula is C31H31Cl3N4O4. The predicted octanol–water partition coefficient (Wildman–Crippen LogP) is 6.03. The Morgan fingerprint density at radius 2 is 1.67 bits per heavy atom. The average molecular weight is 630 g/mol. The van der Waals surface area contributed by atoms with Crippen LogP contribution in [0.1, 0.15) is 58.3 Å². The van der Waals surface area contributed by atoms with E-state index in [1.165, 1.54) is 4.90 Å². The summed E-state index contributed by atoms with van der Waals surface area (Å²) < 4.78 is 0. The summed E-state index contributed by atoms with van der Waals surface area (Å²) in [4.78, 5) is 48.9. The molecule has 42 heavy (non-hydrogen) atoms. The fourth-order valence-electron chi connectivity index (χ4n) is 5.70. The summed E-state index contributed by atoms with van der Waals surface area (Å²) in [5.74, 6) is -1.81. The minimum atomic E-state index is -0.917. The Labute approximate surface area is 260 Å². The van der Waals surface area contributed by atoms with Gasteiger partial charge in [-0.05, 0) is 66.3 Å². The summed E-state index contributed by atoms with van der Waals surface area (Å²) in [5.41, 5.74) is 4.86. The Bertz CT molecular complexity index is 1480. The smallest absolute Gasteiger partial charge is 0.269 e. The highest BCUT2D eigenvalue weighted by Crippen LogP contribution is 2.47. The van der Waals surface area contributed by atoms with Gasteiger partial charge in [-0.2, -0.15) is 0 Å². The number of carbonyl (C=O) groups is 3. The Balaban J connectivity index is 1.59. The van der Waals surface area contributed by atoms with Crippen molar-refractivity contribution in [3.8, 4) is 0 Å². The van der Waals surface area contributed by atoms with Crippen molar-refractivity contribution in [1.29, 1.82) is 0 Å². The standard InChI is InChI=1S/C31H31Cl3N4O4/c1-36(2)31(41)26-9-5-6-16-37(26)38-28(24-15-14-21(33)17-25(24)34)27(22-7-3-4-8-23(22)30(38)40)29(39)35-42-18-19-10-12-20(32)13-11-19/h3-4,7-8,10-15,17,26-28H,5-6,9,16,18H2,1-2H3,(H,35,39). The molecule has 1 N–H and O–H groups in total. The maximum absolute atomic E-state index is 14.3. The lowest BCUT2D eigenvalue weighted by molar-refractivity contribution is -0.152. The van der Waals surface area contributed by atoms with E-state index in [9.17, 15) is 14.4 Å². The number of likely N-dealkylation sites (N-methyl/N-ethyl adjacent to an activating group) is 1. The van der Waals surface area contributed by atoms with Crippen LogP contribution in [0.25, 0.3) is 0 Å². The molecule has 0 saturated carbocycles. The topological polar surface area (TPSA) is 82.2 Å². The van der Waals surface area contributed by atoms with E-state index in [1.807, 2.05) is 5.01 Å². The van der Waals surface area contributed by atoms with Gasteiger partial charge < -0.3 is 4.90 Å². The monoisotopic (exact) mass is 628 g/mol. The van der Waals surface area contributed by atoms with Gasteiger partial charge in [0.05, 0.1) is 18.6 Å². The van der Waals surface area contributed by atoms with E-state index in [2.05, 4.69) is 5.48 Å². The molecule has 3 aromatic rings. The van der Waals surface area contributed by atoms with Crippen LogP contribution in [-0.2, 0) is 21.0 Å². The lowest BCUT2D eigenvalue weighted by Crippen LogP contribution is -2.62. The number of hydrazine groups is 1. The van der Waals surface area contributed by atoms with Gasteiger partial charge in [0.25, 0.3) is 11.8 Å². The molecule has 3 unspecified atom stereocenters. The van der Waals surface area contributed by atoms with Crippen LogP contribution in [0.4, 0.5) is 0 Å². The number of rotatable bonds is 7. The molecule has 0 aromatic heterocycles. The number of benzene rings is 3. The third-order valence-electron chi connectivity index (χ3n) is 7.68. The highest BCUT2D eigenvalue weighted by molar-refractivity contribution is 6.35. The number of hydrogen-bond donors (Lipinski definition) is 1. The normalized spacial score (nSPS) is 20.6. The maximum atomic E-state index is 14.3. The number of nitrogens with zero attached hydrogens (tertiary/aromatic N) is 3. The molecule has 2 aliphatic rings. The number of carbonyl (C=O) groups excluding carboxylic acids is 3. The molecule has 3 amide bonds. The first kappa shape index (κ1) is 30.3. The van der Waals surface area contributed by atoms with Crippen LogP contribution in [0, 0.1) is 0 Å². The van der Waals surface area contributed by atoms with Crippen molar-refractivity contribution >= 4 is 52.5 Å². The van der Waals surface area contributed by atoms with Crippen molar-refractivity contribution in [1.82, 2.24) is 20.4 Å². The van der Waals surface area contributed by atoms with Crippen LogP contribution in [0.5, 0.6) is 0 Å². The van der Waals surface area contributed by atoms with Crippen molar-refractivity contribution < 1.29 is 19.2 Å². The van der Waals surface area contributed by atoms with Crippen molar-refractivity contribution in [2.24, 2.45) is 0 Å². The van der Waals surface area contributed by atoms with Crippen LogP contribution in [0.2, 0.25) is 15.1 Å². The van der Waals surface area contributed by atoms with Crippen LogP contribution < -0.4 is 5.48 Å². The van der Waals surface area contributed by atoms with E-state index in [1.54, 1.807) is 85.8 Å². The minimum absolute atomic E-state index is 0.109. The molecule has 5 rings (SSSR count). The van der Waals surface area contributed by atoms with E-state index >= 15 is 0 Å². The lowest BCUT2D eigenvalue weighted by atomic mass is 9.79. The summed E-state index contributed by atoms with van der Waals surface area (Å²) in [6.45, 7) is 0.569. The van der Waals surface area contributed by atoms with Crippen LogP contribution in [-0.4, -0.2) is 59.3 Å². The molecule has 1 fully saturated rings. The van der Waals surface area contributed by atoms with Crippen molar-refractivity contribution in [2.45, 2.75) is 43.9 Å². The number of halogens is 3. The molecule has 1 saturated heterocycles. The second-order valence-electron chi connectivity index (χ2n) is 10.6. The van der Waals surface area contributed by atoms with E-state index in [4.69, 9.17) is 39.6 Å². The van der Waals surface area contributed by atoms with Gasteiger partial charge in [0, 0.05) is 41.3 Å². The van der Waals surface area contributed by atoms with Crippen LogP contribution in [0.3, 0.4) is 0 Å². The molecule has 8 nitrogen and oxygen atoms in total. The van der Waals surface area contributed by atoms with E-state index < -0.39 is 23.9 Å². The van der Waals surface area contributed by atoms with Crippen LogP contribution in [0.15, 0.2) is 66.7 Å². The summed E-state index contributed by atoms with van der Waals surface area (Å²) in [6, 6.07) is 17.6. The van der Waals surface area contributed by atoms with Gasteiger partial charge in [-0.1, -0.05) is 71.2 Å². The van der Waals surface area contributed by atoms with Crippen molar-refractivity contribution in [3.63, 3.8) is 0 Å². The third kappa shape index (κ3) is 6.14. The zero-order chi connectivity index (χ0) is 30.0. The number of hydrogen-bond acceptors (Lipinski definition) is 5. The molecular weight excluding hydrogens is 599 g/mol. The van der Waals surface area contributed by atoms with E-state index in [-0.39, 0.29) is 18.4 Å². The average Bonchev–Trinajstić information content (AvgIpc) is 2.98. The molecule has 3 atom stereocenters. The molecule has 0 aliphatic carbocycles. The van der Waals surface area contributed by atoms with E-state index in [0.29, 0.717) is 44.7 Å². The first-order valence-electron chi connectivity index (χ1n) is 13.7. The van der Waals surface area contributed by atoms with Gasteiger partial charge in [-0.15, -0.1) is 0 Å². The summed E-state index contributed by atoms with van der Waals surface area (Å²) >= 11 is 19.0. The van der Waals surface area contributed by atoms with Gasteiger partial charge in [0.1, 0.15) is 6.04 Å². The summed E-state index contributed by atoms with van der Waals surface area (Å²) in [7, 11) is 3.40. The largest absolute Gasteiger partial charge is 0.347 e. The minimum Gasteiger partial charge on any atom is -0.347 e. The lowest BCUT2D eigenvalue weighted by Gasteiger charge is -2.50. The highest BCUT2D eigenvalue weighted by atomic mass is 35.5. The summed E-state index contributed by atoms with van der Waals surface area (Å²) in [5, 5.41) is 4.69. The zero-order valence-electron chi connectivity index (χ0n) is 23.2. The third-order valence-corrected chi connectivity index (χ3v) is 8.49. The Kier molecular flexibility index (Phi) is 9.40. The Morgan fingerprint density at radius 3 is 2.38 bits per heavy atom. The van der Waals surface area contributed by atoms with E-state index in [0.717, 1.165) is 18.4 Å². The van der Waals surface area contributed by atoms with Crippen molar-refractivity contribution in [2.75, 3.05) is 20.6 Å². The van der Waals surface area contributed by atoms with Crippen molar-refractivity contribution in [3.05, 3.63) is 104 Å². The zero-order valence-corrected chi connectivity index (χ0v) is 25.5. The Hall–Kier alpha value is -3.14. The van der Waals surface area contributed by atoms with Gasteiger partial charge in [0.2, 0.25) is 5.91 Å². The SMILES string of the molecule is CN(C)C(=O)C1CCCCN1N1C(=O)c2ccccc2C(C(=O)NOCc2ccc(Cl)cc2)C1c1ccc(Cl)cc1Cl. The highest BCUT2D eigenvalue weighted by Gasteiger charge is 2.49. The van der Waals surface area contributed by atoms with Gasteiger partial charge >= 0.3 is 0 Å². The number of fused-ring (bicyclic) bond motifs is 1. The quantitative estimate of drug-likeness (QED) is 0.323. The molecule has 2 aliphatic heterocycles. The number of nitrogens with one attached hydrogen (secondary N) is 1. The second kappa shape index (κ2) is 13.0. The first-order chi connectivity index (χ1) is 20.2. The summed E-state index contributed by atoms with van der Waals surface area (Å²) in [6.07, 6.45) is 2.20. The fourth-order valence-corrected chi connectivity index (χ4v) is 6.34. The molecule has 3 aromatic carbocycles. The first-order valence-corrected chi connectivity index (χ1v) is 14.8. The van der Waals surface area contributed by atoms with Gasteiger partial charge in [-0.3, -0.25) is 24.2 Å².